The van der Waals surface area contributed by atoms with Crippen molar-refractivity contribution in [2.45, 2.75) is 36.4 Å². The van der Waals surface area contributed by atoms with Crippen LogP contribution in [0.15, 0.2) is 45.4 Å². The number of fused-ring (bicyclic) bond motifs is 1. The highest BCUT2D eigenvalue weighted by Gasteiger charge is 2.19. The fourth-order valence-corrected chi connectivity index (χ4v) is 2.32. The van der Waals surface area contributed by atoms with Crippen LogP contribution in [0.5, 0.6) is 0 Å². The Morgan fingerprint density at radius 2 is 1.85 bits per heavy atom. The molecule has 3 heterocycles. The van der Waals surface area contributed by atoms with Crippen LogP contribution in [0.4, 0.5) is 0 Å². The molecule has 0 N–H and O–H groups in total. The van der Waals surface area contributed by atoms with Gasteiger partial charge in [0, 0.05) is 17.8 Å². The lowest BCUT2D eigenvalue weighted by molar-refractivity contribution is 0.355. The zero-order chi connectivity index (χ0) is 14.2. The largest absolute Gasteiger partial charge is 0.436 e. The van der Waals surface area contributed by atoms with Gasteiger partial charge in [0.25, 0.3) is 5.22 Å². The Bertz CT molecular complexity index is 748. The number of aromatic nitrogens is 4. The van der Waals surface area contributed by atoms with Gasteiger partial charge in [-0.2, -0.15) is 0 Å². The topological polar surface area (TPSA) is 64.7 Å². The summed E-state index contributed by atoms with van der Waals surface area (Å²) in [6.45, 7) is 6.27. The molecule has 0 saturated heterocycles. The van der Waals surface area contributed by atoms with Gasteiger partial charge in [0.05, 0.1) is 6.20 Å². The minimum atomic E-state index is -0.0475. The molecular weight excluding hydrogens is 272 g/mol. The van der Waals surface area contributed by atoms with Crippen molar-refractivity contribution in [3.05, 3.63) is 36.5 Å². The Balaban J connectivity index is 1.87. The Kier molecular flexibility index (Phi) is 3.17. The van der Waals surface area contributed by atoms with Crippen LogP contribution in [0, 0.1) is 0 Å². The first-order chi connectivity index (χ1) is 9.52. The Morgan fingerprint density at radius 1 is 1.05 bits per heavy atom. The normalized spacial score (nSPS) is 11.9. The van der Waals surface area contributed by atoms with E-state index >= 15 is 0 Å². The van der Waals surface area contributed by atoms with Crippen molar-refractivity contribution >= 4 is 22.9 Å². The SMILES string of the molecule is CC(C)(C)c1cnc(Sc2ccc3nccnc3n2)o1. The van der Waals surface area contributed by atoms with Crippen LogP contribution in [0.25, 0.3) is 11.2 Å². The van der Waals surface area contributed by atoms with Crippen LogP contribution in [0.1, 0.15) is 26.5 Å². The zero-order valence-corrected chi connectivity index (χ0v) is 12.3. The molecule has 3 aromatic heterocycles. The minimum Gasteiger partial charge on any atom is -0.436 e. The summed E-state index contributed by atoms with van der Waals surface area (Å²) < 4.78 is 5.74. The summed E-state index contributed by atoms with van der Waals surface area (Å²) in [6.07, 6.45) is 5.05. The second-order valence-electron chi connectivity index (χ2n) is 5.39. The van der Waals surface area contributed by atoms with E-state index in [1.54, 1.807) is 18.6 Å². The van der Waals surface area contributed by atoms with Crippen LogP contribution in [-0.2, 0) is 5.41 Å². The van der Waals surface area contributed by atoms with E-state index in [-0.39, 0.29) is 5.41 Å². The van der Waals surface area contributed by atoms with Gasteiger partial charge in [-0.15, -0.1) is 0 Å². The summed E-state index contributed by atoms with van der Waals surface area (Å²) in [7, 11) is 0. The lowest BCUT2D eigenvalue weighted by Crippen LogP contribution is -2.09. The van der Waals surface area contributed by atoms with Crippen molar-refractivity contribution < 1.29 is 4.42 Å². The van der Waals surface area contributed by atoms with Gasteiger partial charge in [-0.25, -0.2) is 15.0 Å². The first-order valence-corrected chi connectivity index (χ1v) is 7.06. The van der Waals surface area contributed by atoms with Crippen molar-refractivity contribution in [2.24, 2.45) is 0 Å². The maximum Gasteiger partial charge on any atom is 0.262 e. The first kappa shape index (κ1) is 13.1. The van der Waals surface area contributed by atoms with Gasteiger partial charge in [0.15, 0.2) is 5.65 Å². The highest BCUT2D eigenvalue weighted by Crippen LogP contribution is 2.30. The van der Waals surface area contributed by atoms with Gasteiger partial charge in [-0.1, -0.05) is 20.8 Å². The van der Waals surface area contributed by atoms with Crippen LogP contribution >= 0.6 is 11.8 Å². The van der Waals surface area contributed by atoms with Crippen LogP contribution in [-0.4, -0.2) is 19.9 Å². The number of nitrogens with zero attached hydrogens (tertiary/aromatic N) is 4. The van der Waals surface area contributed by atoms with Crippen molar-refractivity contribution in [1.29, 1.82) is 0 Å². The molecule has 0 spiro atoms. The highest BCUT2D eigenvalue weighted by molar-refractivity contribution is 7.99. The maximum atomic E-state index is 5.74. The third-order valence-electron chi connectivity index (χ3n) is 2.72. The van der Waals surface area contributed by atoms with Gasteiger partial charge in [0.2, 0.25) is 0 Å². The van der Waals surface area contributed by atoms with Crippen molar-refractivity contribution in [3.8, 4) is 0 Å². The molecular formula is C14H14N4OS. The molecule has 0 atom stereocenters. The van der Waals surface area contributed by atoms with Gasteiger partial charge < -0.3 is 4.42 Å². The summed E-state index contributed by atoms with van der Waals surface area (Å²) in [5, 5.41) is 1.38. The van der Waals surface area contributed by atoms with Crippen LogP contribution in [0.3, 0.4) is 0 Å². The van der Waals surface area contributed by atoms with E-state index in [0.29, 0.717) is 10.9 Å². The molecule has 0 saturated carbocycles. The fourth-order valence-electron chi connectivity index (χ4n) is 1.64. The lowest BCUT2D eigenvalue weighted by Gasteiger charge is -2.12. The Morgan fingerprint density at radius 3 is 2.60 bits per heavy atom. The van der Waals surface area contributed by atoms with E-state index in [1.807, 2.05) is 12.1 Å². The smallest absolute Gasteiger partial charge is 0.262 e. The third kappa shape index (κ3) is 2.65. The Hall–Kier alpha value is -1.95. The van der Waals surface area contributed by atoms with Gasteiger partial charge in [-0.3, -0.25) is 4.98 Å². The van der Waals surface area contributed by atoms with Crippen LogP contribution < -0.4 is 0 Å². The summed E-state index contributed by atoms with van der Waals surface area (Å²) >= 11 is 1.38. The minimum absolute atomic E-state index is 0.0475. The molecule has 0 aliphatic carbocycles. The van der Waals surface area contributed by atoms with Crippen LogP contribution in [0.2, 0.25) is 0 Å². The lowest BCUT2D eigenvalue weighted by atomic mass is 9.94. The zero-order valence-electron chi connectivity index (χ0n) is 11.5. The molecule has 0 fully saturated rings. The predicted molar refractivity (Wildman–Crippen MR) is 76.7 cm³/mol. The molecule has 5 nitrogen and oxygen atoms in total. The monoisotopic (exact) mass is 286 g/mol. The fraction of sp³-hybridized carbons (Fsp3) is 0.286. The molecule has 0 aliphatic rings. The second kappa shape index (κ2) is 4.86. The van der Waals surface area contributed by atoms with E-state index in [1.165, 1.54) is 11.8 Å². The van der Waals surface area contributed by atoms with E-state index in [9.17, 15) is 0 Å². The molecule has 0 unspecified atom stereocenters. The average Bonchev–Trinajstić information content (AvgIpc) is 2.87. The van der Waals surface area contributed by atoms with Crippen molar-refractivity contribution in [3.63, 3.8) is 0 Å². The molecule has 6 heteroatoms. The number of hydrogen-bond acceptors (Lipinski definition) is 6. The molecule has 0 aromatic carbocycles. The molecule has 102 valence electrons. The van der Waals surface area contributed by atoms with Gasteiger partial charge in [-0.05, 0) is 23.9 Å². The van der Waals surface area contributed by atoms with Crippen molar-refractivity contribution in [1.82, 2.24) is 19.9 Å². The molecule has 0 aliphatic heterocycles. The molecule has 0 radical (unpaired) electrons. The molecule has 20 heavy (non-hydrogen) atoms. The predicted octanol–water partition coefficient (Wildman–Crippen LogP) is 3.46. The third-order valence-corrected chi connectivity index (χ3v) is 3.52. The standard InChI is InChI=1S/C14H14N4OS/c1-14(2,3)10-8-17-13(19-10)20-11-5-4-9-12(18-11)16-7-6-15-9/h4-8H,1-3H3. The van der Waals surface area contributed by atoms with E-state index in [2.05, 4.69) is 40.7 Å². The summed E-state index contributed by atoms with van der Waals surface area (Å²) in [5.41, 5.74) is 1.36. The Labute approximate surface area is 120 Å². The van der Waals surface area contributed by atoms with E-state index in [0.717, 1.165) is 16.3 Å². The highest BCUT2D eigenvalue weighted by atomic mass is 32.2. The number of rotatable bonds is 2. The average molecular weight is 286 g/mol. The molecule has 3 aromatic rings. The van der Waals surface area contributed by atoms with Gasteiger partial charge >= 0.3 is 0 Å². The molecule has 0 amide bonds. The molecule has 3 rings (SSSR count). The number of pyridine rings is 1. The summed E-state index contributed by atoms with van der Waals surface area (Å²) in [5.74, 6) is 0.862. The van der Waals surface area contributed by atoms with E-state index < -0.39 is 0 Å². The summed E-state index contributed by atoms with van der Waals surface area (Å²) in [4.78, 5) is 17.1. The number of oxazole rings is 1. The quantitative estimate of drug-likeness (QED) is 0.718. The van der Waals surface area contributed by atoms with Gasteiger partial charge in [0.1, 0.15) is 16.3 Å². The van der Waals surface area contributed by atoms with Crippen molar-refractivity contribution in [2.75, 3.05) is 0 Å². The maximum absolute atomic E-state index is 5.74. The first-order valence-electron chi connectivity index (χ1n) is 6.24. The summed E-state index contributed by atoms with van der Waals surface area (Å²) in [6, 6.07) is 3.79. The molecule has 0 bridgehead atoms. The number of hydrogen-bond donors (Lipinski definition) is 0. The second-order valence-corrected chi connectivity index (χ2v) is 6.36. The van der Waals surface area contributed by atoms with E-state index in [4.69, 9.17) is 4.42 Å².